The van der Waals surface area contributed by atoms with Crippen molar-refractivity contribution in [2.45, 2.75) is 30.4 Å². The molecular formula is C22H27N3O5S. The number of rotatable bonds is 10. The molecule has 0 radical (unpaired) electrons. The highest BCUT2D eigenvalue weighted by atomic mass is 32.2. The van der Waals surface area contributed by atoms with E-state index >= 15 is 0 Å². The first kappa shape index (κ1) is 22.9. The normalized spacial score (nSPS) is 16.1. The molecule has 9 heteroatoms. The molecule has 0 spiro atoms. The number of nitrogens with zero attached hydrogens (tertiary/aromatic N) is 1. The van der Waals surface area contributed by atoms with Crippen LogP contribution in [0, 0.1) is 0 Å². The Morgan fingerprint density at radius 2 is 1.71 bits per heavy atom. The monoisotopic (exact) mass is 445 g/mol. The molecule has 2 N–H and O–H groups in total. The summed E-state index contributed by atoms with van der Waals surface area (Å²) in [6, 6.07) is 17.3. The lowest BCUT2D eigenvalue weighted by Crippen LogP contribution is -2.47. The lowest BCUT2D eigenvalue weighted by Gasteiger charge is -2.25. The second kappa shape index (κ2) is 11.0. The first-order chi connectivity index (χ1) is 14.9. The summed E-state index contributed by atoms with van der Waals surface area (Å²) in [7, 11) is -3.82. The second-order valence-corrected chi connectivity index (χ2v) is 9.08. The molecular weight excluding hydrogens is 418 g/mol. The van der Waals surface area contributed by atoms with E-state index in [0.717, 1.165) is 18.4 Å². The van der Waals surface area contributed by atoms with Crippen LogP contribution in [0.3, 0.4) is 0 Å². The Bertz CT molecular complexity index is 961. The smallest absolute Gasteiger partial charge is 0.241 e. The molecule has 1 atom stereocenters. The molecule has 0 aromatic heterocycles. The molecule has 2 amide bonds. The number of nitrogens with one attached hydrogen (secondary N) is 2. The van der Waals surface area contributed by atoms with Crippen molar-refractivity contribution in [3.63, 3.8) is 0 Å². The van der Waals surface area contributed by atoms with Gasteiger partial charge in [-0.15, -0.1) is 0 Å². The van der Waals surface area contributed by atoms with Crippen molar-refractivity contribution in [1.82, 2.24) is 14.9 Å². The quantitative estimate of drug-likeness (QED) is 0.573. The molecule has 0 bridgehead atoms. The summed E-state index contributed by atoms with van der Waals surface area (Å²) < 4.78 is 32.7. The standard InChI is InChI=1S/C22H27N3O5S/c26-21(23-14-18-8-3-1-4-9-18)17-25(16-19-10-7-13-30-19)22(27)15-24-31(28,29)20-11-5-2-6-12-20/h1-6,8-9,11-12,19,24H,7,10,13-17H2,(H,23,26)/t19-/m1/s1. The molecule has 1 aliphatic heterocycles. The summed E-state index contributed by atoms with van der Waals surface area (Å²) in [6.45, 7) is 0.606. The Kier molecular flexibility index (Phi) is 8.16. The average Bonchev–Trinajstić information content (AvgIpc) is 3.30. The minimum absolute atomic E-state index is 0.0779. The molecule has 31 heavy (non-hydrogen) atoms. The number of hydrogen-bond acceptors (Lipinski definition) is 5. The second-order valence-electron chi connectivity index (χ2n) is 7.31. The molecule has 1 aliphatic rings. The largest absolute Gasteiger partial charge is 0.376 e. The fourth-order valence-corrected chi connectivity index (χ4v) is 4.26. The summed E-state index contributed by atoms with van der Waals surface area (Å²) in [4.78, 5) is 26.7. The van der Waals surface area contributed by atoms with Crippen molar-refractivity contribution >= 4 is 21.8 Å². The molecule has 2 aromatic carbocycles. The number of ether oxygens (including phenoxy) is 1. The Balaban J connectivity index is 1.59. The van der Waals surface area contributed by atoms with Gasteiger partial charge in [0.25, 0.3) is 0 Å². The highest BCUT2D eigenvalue weighted by Crippen LogP contribution is 2.14. The SMILES string of the molecule is O=C(CN(C[C@H]1CCCO1)C(=O)CNS(=O)(=O)c1ccccc1)NCc1ccccc1. The van der Waals surface area contributed by atoms with E-state index in [-0.39, 0.29) is 30.0 Å². The fraction of sp³-hybridized carbons (Fsp3) is 0.364. The Hall–Kier alpha value is -2.75. The topological polar surface area (TPSA) is 105 Å². The van der Waals surface area contributed by atoms with Gasteiger partial charge in [0.2, 0.25) is 21.8 Å². The zero-order valence-electron chi connectivity index (χ0n) is 17.2. The number of amides is 2. The van der Waals surface area contributed by atoms with Gasteiger partial charge in [0.05, 0.1) is 24.1 Å². The van der Waals surface area contributed by atoms with Gasteiger partial charge in [0.1, 0.15) is 0 Å². The zero-order chi connectivity index (χ0) is 22.1. The Morgan fingerprint density at radius 3 is 2.35 bits per heavy atom. The third-order valence-corrected chi connectivity index (χ3v) is 6.35. The van der Waals surface area contributed by atoms with Gasteiger partial charge < -0.3 is 15.0 Å². The predicted octanol–water partition coefficient (Wildman–Crippen LogP) is 1.29. The lowest BCUT2D eigenvalue weighted by atomic mass is 10.2. The highest BCUT2D eigenvalue weighted by Gasteiger charge is 2.25. The van der Waals surface area contributed by atoms with Crippen molar-refractivity contribution in [3.05, 3.63) is 66.2 Å². The highest BCUT2D eigenvalue weighted by molar-refractivity contribution is 7.89. The first-order valence-corrected chi connectivity index (χ1v) is 11.7. The summed E-state index contributed by atoms with van der Waals surface area (Å²) in [5.74, 6) is -0.800. The maximum atomic E-state index is 12.8. The number of carbonyl (C=O) groups is 2. The molecule has 1 heterocycles. The first-order valence-electron chi connectivity index (χ1n) is 10.2. The molecule has 8 nitrogen and oxygen atoms in total. The van der Waals surface area contributed by atoms with Gasteiger partial charge in [-0.1, -0.05) is 48.5 Å². The van der Waals surface area contributed by atoms with Crippen LogP contribution in [-0.4, -0.2) is 57.5 Å². The Labute approximate surface area is 182 Å². The molecule has 166 valence electrons. The van der Waals surface area contributed by atoms with E-state index in [4.69, 9.17) is 4.74 Å². The van der Waals surface area contributed by atoms with E-state index in [1.807, 2.05) is 30.3 Å². The molecule has 1 fully saturated rings. The predicted molar refractivity (Wildman–Crippen MR) is 115 cm³/mol. The van der Waals surface area contributed by atoms with Crippen LogP contribution in [0.1, 0.15) is 18.4 Å². The van der Waals surface area contributed by atoms with E-state index in [2.05, 4.69) is 10.0 Å². The maximum absolute atomic E-state index is 12.8. The summed E-state index contributed by atoms with van der Waals surface area (Å²) in [6.07, 6.45) is 1.54. The molecule has 1 saturated heterocycles. The van der Waals surface area contributed by atoms with Crippen molar-refractivity contribution in [2.75, 3.05) is 26.2 Å². The van der Waals surface area contributed by atoms with Crippen molar-refractivity contribution in [2.24, 2.45) is 0 Å². The van der Waals surface area contributed by atoms with E-state index < -0.39 is 22.5 Å². The molecule has 0 unspecified atom stereocenters. The van der Waals surface area contributed by atoms with Gasteiger partial charge in [-0.05, 0) is 30.5 Å². The lowest BCUT2D eigenvalue weighted by molar-refractivity contribution is -0.136. The van der Waals surface area contributed by atoms with Crippen molar-refractivity contribution < 1.29 is 22.7 Å². The average molecular weight is 446 g/mol. The summed E-state index contributed by atoms with van der Waals surface area (Å²) in [5, 5.41) is 2.80. The minimum atomic E-state index is -3.82. The number of hydrogen-bond donors (Lipinski definition) is 2. The van der Waals surface area contributed by atoms with Gasteiger partial charge in [0.15, 0.2) is 0 Å². The molecule has 3 rings (SSSR count). The van der Waals surface area contributed by atoms with E-state index in [1.54, 1.807) is 18.2 Å². The van der Waals surface area contributed by atoms with E-state index in [0.29, 0.717) is 13.2 Å². The van der Waals surface area contributed by atoms with Gasteiger partial charge in [-0.2, -0.15) is 0 Å². The van der Waals surface area contributed by atoms with Crippen LogP contribution in [0.25, 0.3) is 0 Å². The van der Waals surface area contributed by atoms with Gasteiger partial charge in [-0.25, -0.2) is 13.1 Å². The van der Waals surface area contributed by atoms with E-state index in [9.17, 15) is 18.0 Å². The van der Waals surface area contributed by atoms with Crippen LogP contribution in [0.15, 0.2) is 65.6 Å². The summed E-state index contributed by atoms with van der Waals surface area (Å²) in [5.41, 5.74) is 0.948. The molecule has 0 aliphatic carbocycles. The number of sulfonamides is 1. The van der Waals surface area contributed by atoms with Crippen LogP contribution in [0.2, 0.25) is 0 Å². The van der Waals surface area contributed by atoms with Gasteiger partial charge in [-0.3, -0.25) is 9.59 Å². The maximum Gasteiger partial charge on any atom is 0.241 e. The minimum Gasteiger partial charge on any atom is -0.376 e. The van der Waals surface area contributed by atoms with Gasteiger partial charge in [0, 0.05) is 19.7 Å². The fourth-order valence-electron chi connectivity index (χ4n) is 3.27. The molecule has 2 aromatic rings. The van der Waals surface area contributed by atoms with Crippen LogP contribution in [0.4, 0.5) is 0 Å². The number of benzene rings is 2. The van der Waals surface area contributed by atoms with Gasteiger partial charge >= 0.3 is 0 Å². The third-order valence-electron chi connectivity index (χ3n) is 4.93. The molecule has 0 saturated carbocycles. The van der Waals surface area contributed by atoms with E-state index in [1.165, 1.54) is 17.0 Å². The Morgan fingerprint density at radius 1 is 1.03 bits per heavy atom. The third kappa shape index (κ3) is 7.16. The van der Waals surface area contributed by atoms with Crippen LogP contribution >= 0.6 is 0 Å². The number of carbonyl (C=O) groups excluding carboxylic acids is 2. The summed E-state index contributed by atoms with van der Waals surface area (Å²) >= 11 is 0. The zero-order valence-corrected chi connectivity index (χ0v) is 18.0. The van der Waals surface area contributed by atoms with Crippen molar-refractivity contribution in [3.8, 4) is 0 Å². The van der Waals surface area contributed by atoms with Crippen molar-refractivity contribution in [1.29, 1.82) is 0 Å². The van der Waals surface area contributed by atoms with Crippen LogP contribution in [0.5, 0.6) is 0 Å². The van der Waals surface area contributed by atoms with Crippen LogP contribution < -0.4 is 10.0 Å². The van der Waals surface area contributed by atoms with Crippen LogP contribution in [-0.2, 0) is 30.9 Å².